The molecule has 130 valence electrons. The molecule has 0 radical (unpaired) electrons. The van der Waals surface area contributed by atoms with Gasteiger partial charge in [0.2, 0.25) is 0 Å². The van der Waals surface area contributed by atoms with Gasteiger partial charge >= 0.3 is 0 Å². The Bertz CT molecular complexity index is 561. The third-order valence-electron chi connectivity index (χ3n) is 4.06. The van der Waals surface area contributed by atoms with Crippen molar-refractivity contribution in [2.45, 2.75) is 32.0 Å². The maximum Gasteiger partial charge on any atom is 0.0789 e. The van der Waals surface area contributed by atoms with Crippen molar-refractivity contribution in [3.63, 3.8) is 0 Å². The Morgan fingerprint density at radius 1 is 0.750 bits per heavy atom. The Hall–Kier alpha value is -1.10. The van der Waals surface area contributed by atoms with E-state index in [1.807, 2.05) is 48.5 Å². The highest BCUT2D eigenvalue weighted by molar-refractivity contribution is 6.30. The second-order valence-corrected chi connectivity index (χ2v) is 6.89. The molecule has 0 heterocycles. The first-order valence-electron chi connectivity index (χ1n) is 8.11. The van der Waals surface area contributed by atoms with Crippen molar-refractivity contribution in [3.8, 4) is 0 Å². The fourth-order valence-corrected chi connectivity index (χ4v) is 2.69. The molecule has 2 rings (SSSR count). The molecule has 5 heteroatoms. The zero-order valence-corrected chi connectivity index (χ0v) is 15.5. The van der Waals surface area contributed by atoms with Gasteiger partial charge in [-0.1, -0.05) is 47.5 Å². The first-order chi connectivity index (χ1) is 11.5. The number of rotatable bonds is 8. The summed E-state index contributed by atoms with van der Waals surface area (Å²) in [6, 6.07) is 15.8. The predicted molar refractivity (Wildman–Crippen MR) is 102 cm³/mol. The fourth-order valence-electron chi connectivity index (χ4n) is 2.44. The maximum absolute atomic E-state index is 10.2. The van der Waals surface area contributed by atoms with Crippen molar-refractivity contribution in [2.75, 3.05) is 13.1 Å². The highest BCUT2D eigenvalue weighted by Crippen LogP contribution is 2.17. The van der Waals surface area contributed by atoms with Gasteiger partial charge in [-0.2, -0.15) is 0 Å². The van der Waals surface area contributed by atoms with Crippen molar-refractivity contribution in [1.29, 1.82) is 0 Å². The molecule has 0 aliphatic rings. The Balaban J connectivity index is 1.73. The summed E-state index contributed by atoms with van der Waals surface area (Å²) in [7, 11) is 0. The molecule has 2 aromatic carbocycles. The van der Waals surface area contributed by atoms with E-state index in [0.29, 0.717) is 13.1 Å². The van der Waals surface area contributed by atoms with Gasteiger partial charge in [0, 0.05) is 35.2 Å². The van der Waals surface area contributed by atoms with E-state index >= 15 is 0 Å². The first-order valence-corrected chi connectivity index (χ1v) is 8.87. The van der Waals surface area contributed by atoms with Crippen LogP contribution in [0.2, 0.25) is 10.0 Å². The van der Waals surface area contributed by atoms with Crippen molar-refractivity contribution in [1.82, 2.24) is 10.6 Å². The molecule has 0 fully saturated rings. The van der Waals surface area contributed by atoms with Gasteiger partial charge in [0.15, 0.2) is 0 Å². The van der Waals surface area contributed by atoms with Gasteiger partial charge in [0.1, 0.15) is 0 Å². The van der Waals surface area contributed by atoms with Crippen LogP contribution in [0.25, 0.3) is 0 Å². The quantitative estimate of drug-likeness (QED) is 0.650. The number of aliphatic hydroxyl groups is 1. The molecule has 3 N–H and O–H groups in total. The van der Waals surface area contributed by atoms with E-state index in [-0.39, 0.29) is 12.1 Å². The Kier molecular flexibility index (Phi) is 7.53. The SMILES string of the molecule is C[C@H](NCC(O)CN[C@@H](C)c1ccc(Cl)cc1)c1ccc(Cl)cc1. The van der Waals surface area contributed by atoms with Gasteiger partial charge in [-0.05, 0) is 49.2 Å². The molecular formula is C19H24Cl2N2O. The zero-order chi connectivity index (χ0) is 17.5. The molecule has 0 saturated carbocycles. The first kappa shape index (κ1) is 19.2. The lowest BCUT2D eigenvalue weighted by atomic mass is 10.1. The molecule has 0 aromatic heterocycles. The monoisotopic (exact) mass is 366 g/mol. The lowest BCUT2D eigenvalue weighted by molar-refractivity contribution is 0.161. The summed E-state index contributed by atoms with van der Waals surface area (Å²) in [4.78, 5) is 0. The number of halogens is 2. The van der Waals surface area contributed by atoms with Crippen LogP contribution in [-0.2, 0) is 0 Å². The molecule has 3 nitrogen and oxygen atoms in total. The van der Waals surface area contributed by atoms with Gasteiger partial charge < -0.3 is 15.7 Å². The summed E-state index contributed by atoms with van der Waals surface area (Å²) in [5, 5.41) is 18.3. The molecular weight excluding hydrogens is 343 g/mol. The minimum absolute atomic E-state index is 0.158. The molecule has 0 amide bonds. The lowest BCUT2D eigenvalue weighted by Gasteiger charge is -2.20. The van der Waals surface area contributed by atoms with Crippen LogP contribution in [0, 0.1) is 0 Å². The number of nitrogens with one attached hydrogen (secondary N) is 2. The highest BCUT2D eigenvalue weighted by atomic mass is 35.5. The molecule has 24 heavy (non-hydrogen) atoms. The number of aliphatic hydroxyl groups excluding tert-OH is 1. The average Bonchev–Trinajstić information content (AvgIpc) is 2.58. The van der Waals surface area contributed by atoms with Crippen LogP contribution in [0.4, 0.5) is 0 Å². The molecule has 0 aliphatic heterocycles. The van der Waals surface area contributed by atoms with Crippen LogP contribution >= 0.6 is 23.2 Å². The van der Waals surface area contributed by atoms with E-state index in [0.717, 1.165) is 21.2 Å². The second-order valence-electron chi connectivity index (χ2n) is 6.02. The number of hydrogen-bond donors (Lipinski definition) is 3. The largest absolute Gasteiger partial charge is 0.390 e. The van der Waals surface area contributed by atoms with Crippen LogP contribution in [0.3, 0.4) is 0 Å². The predicted octanol–water partition coefficient (Wildman–Crippen LogP) is 4.36. The molecule has 0 bridgehead atoms. The smallest absolute Gasteiger partial charge is 0.0789 e. The molecule has 0 saturated heterocycles. The minimum atomic E-state index is -0.463. The van der Waals surface area contributed by atoms with Gasteiger partial charge in [-0.3, -0.25) is 0 Å². The topological polar surface area (TPSA) is 44.3 Å². The molecule has 2 atom stereocenters. The van der Waals surface area contributed by atoms with Crippen molar-refractivity contribution < 1.29 is 5.11 Å². The fraction of sp³-hybridized carbons (Fsp3) is 0.368. The lowest BCUT2D eigenvalue weighted by Crippen LogP contribution is -2.37. The van der Waals surface area contributed by atoms with E-state index < -0.39 is 6.10 Å². The zero-order valence-electron chi connectivity index (χ0n) is 14.0. The van der Waals surface area contributed by atoms with Crippen LogP contribution in [0.1, 0.15) is 37.1 Å². The van der Waals surface area contributed by atoms with Crippen LogP contribution in [-0.4, -0.2) is 24.3 Å². The van der Waals surface area contributed by atoms with Gasteiger partial charge in [0.25, 0.3) is 0 Å². The van der Waals surface area contributed by atoms with Crippen LogP contribution < -0.4 is 10.6 Å². The highest BCUT2D eigenvalue weighted by Gasteiger charge is 2.11. The third kappa shape index (κ3) is 6.08. The third-order valence-corrected chi connectivity index (χ3v) is 4.56. The van der Waals surface area contributed by atoms with Crippen molar-refractivity contribution in [2.24, 2.45) is 0 Å². The van der Waals surface area contributed by atoms with E-state index in [4.69, 9.17) is 23.2 Å². The summed E-state index contributed by atoms with van der Waals surface area (Å²) >= 11 is 11.8. The van der Waals surface area contributed by atoms with Crippen molar-refractivity contribution in [3.05, 3.63) is 69.7 Å². The summed E-state index contributed by atoms with van der Waals surface area (Å²) in [6.45, 7) is 5.17. The van der Waals surface area contributed by atoms with Crippen LogP contribution in [0.5, 0.6) is 0 Å². The molecule has 0 unspecified atom stereocenters. The van der Waals surface area contributed by atoms with Crippen LogP contribution in [0.15, 0.2) is 48.5 Å². The maximum atomic E-state index is 10.2. The Morgan fingerprint density at radius 2 is 1.08 bits per heavy atom. The molecule has 2 aromatic rings. The van der Waals surface area contributed by atoms with E-state index in [9.17, 15) is 5.11 Å². The number of benzene rings is 2. The van der Waals surface area contributed by atoms with E-state index in [1.165, 1.54) is 0 Å². The Labute approximate surface area is 154 Å². The summed E-state index contributed by atoms with van der Waals surface area (Å²) in [5.41, 5.74) is 2.29. The van der Waals surface area contributed by atoms with Gasteiger partial charge in [0.05, 0.1) is 6.10 Å². The number of hydrogen-bond acceptors (Lipinski definition) is 3. The summed E-state index contributed by atoms with van der Waals surface area (Å²) < 4.78 is 0. The summed E-state index contributed by atoms with van der Waals surface area (Å²) in [5.74, 6) is 0. The van der Waals surface area contributed by atoms with E-state index in [1.54, 1.807) is 0 Å². The average molecular weight is 367 g/mol. The molecule has 0 spiro atoms. The normalized spacial score (nSPS) is 13.9. The van der Waals surface area contributed by atoms with Gasteiger partial charge in [-0.25, -0.2) is 0 Å². The standard InChI is InChI=1S/C19H24Cl2N2O/c1-13(15-3-7-17(20)8-4-15)22-11-19(24)12-23-14(2)16-5-9-18(21)10-6-16/h3-10,13-14,19,22-24H,11-12H2,1-2H3/t13-,14-/m0/s1. The molecule has 0 aliphatic carbocycles. The second kappa shape index (κ2) is 9.40. The van der Waals surface area contributed by atoms with E-state index in [2.05, 4.69) is 24.5 Å². The van der Waals surface area contributed by atoms with Crippen molar-refractivity contribution >= 4 is 23.2 Å². The Morgan fingerprint density at radius 3 is 1.42 bits per heavy atom. The summed E-state index contributed by atoms with van der Waals surface area (Å²) in [6.07, 6.45) is -0.463. The minimum Gasteiger partial charge on any atom is -0.390 e. The van der Waals surface area contributed by atoms with Gasteiger partial charge in [-0.15, -0.1) is 0 Å².